The number of halogens is 1. The lowest BCUT2D eigenvalue weighted by molar-refractivity contribution is 0.285. The smallest absolute Gasteiger partial charge is 0.0249 e. The monoisotopic (exact) mass is 190 g/mol. The Morgan fingerprint density at radius 3 is 2.00 bits per heavy atom. The summed E-state index contributed by atoms with van der Waals surface area (Å²) in [5, 5.41) is 0. The van der Waals surface area contributed by atoms with E-state index in [4.69, 9.17) is 11.6 Å². The van der Waals surface area contributed by atoms with E-state index < -0.39 is 0 Å². The first-order chi connectivity index (χ1) is 5.65. The van der Waals surface area contributed by atoms with E-state index in [1.165, 1.54) is 19.3 Å². The Kier molecular flexibility index (Phi) is 6.93. The maximum atomic E-state index is 5.80. The van der Waals surface area contributed by atoms with Crippen molar-refractivity contribution in [2.45, 2.75) is 47.0 Å². The molecule has 2 unspecified atom stereocenters. The van der Waals surface area contributed by atoms with Gasteiger partial charge in [-0.05, 0) is 24.2 Å². The predicted octanol–water partition coefficient (Wildman–Crippen LogP) is 4.32. The summed E-state index contributed by atoms with van der Waals surface area (Å²) in [7, 11) is 0. The second-order valence-electron chi connectivity index (χ2n) is 4.05. The Morgan fingerprint density at radius 2 is 1.67 bits per heavy atom. The van der Waals surface area contributed by atoms with Gasteiger partial charge in [0.25, 0.3) is 0 Å². The third-order valence-electron chi connectivity index (χ3n) is 2.94. The van der Waals surface area contributed by atoms with Gasteiger partial charge in [-0.2, -0.15) is 0 Å². The highest BCUT2D eigenvalue weighted by Gasteiger charge is 2.16. The van der Waals surface area contributed by atoms with E-state index in [0.29, 0.717) is 5.92 Å². The van der Waals surface area contributed by atoms with Gasteiger partial charge in [-0.3, -0.25) is 0 Å². The lowest BCUT2D eigenvalue weighted by atomic mass is 9.83. The largest absolute Gasteiger partial charge is 0.126 e. The Hall–Kier alpha value is 0.290. The normalized spacial score (nSPS) is 18.8. The average Bonchev–Trinajstić information content (AvgIpc) is 2.12. The van der Waals surface area contributed by atoms with Crippen molar-refractivity contribution < 1.29 is 0 Å². The second-order valence-corrected chi connectivity index (χ2v) is 4.36. The van der Waals surface area contributed by atoms with Crippen molar-refractivity contribution in [2.75, 3.05) is 5.88 Å². The zero-order valence-corrected chi connectivity index (χ0v) is 9.69. The molecular weight excluding hydrogens is 168 g/mol. The number of hydrogen-bond acceptors (Lipinski definition) is 0. The van der Waals surface area contributed by atoms with Crippen molar-refractivity contribution in [3.63, 3.8) is 0 Å². The third kappa shape index (κ3) is 4.35. The molecule has 0 fully saturated rings. The van der Waals surface area contributed by atoms with E-state index in [-0.39, 0.29) is 0 Å². The molecular formula is C11H23Cl. The zero-order valence-electron chi connectivity index (χ0n) is 8.94. The SMILES string of the molecule is CCC(C)C(CC)C[C@@H](C)CCl. The van der Waals surface area contributed by atoms with E-state index in [2.05, 4.69) is 27.7 Å². The molecule has 0 spiro atoms. The van der Waals surface area contributed by atoms with Gasteiger partial charge < -0.3 is 0 Å². The molecule has 1 heteroatoms. The van der Waals surface area contributed by atoms with Crippen LogP contribution in [0.3, 0.4) is 0 Å². The zero-order chi connectivity index (χ0) is 9.56. The molecule has 0 saturated heterocycles. The summed E-state index contributed by atoms with van der Waals surface area (Å²) in [5.74, 6) is 3.24. The molecule has 0 radical (unpaired) electrons. The van der Waals surface area contributed by atoms with Crippen LogP contribution in [-0.2, 0) is 0 Å². The van der Waals surface area contributed by atoms with Crippen LogP contribution in [0.15, 0.2) is 0 Å². The van der Waals surface area contributed by atoms with E-state index in [1.807, 2.05) is 0 Å². The molecule has 0 bridgehead atoms. The fourth-order valence-corrected chi connectivity index (χ4v) is 1.84. The molecule has 0 N–H and O–H groups in total. The van der Waals surface area contributed by atoms with Crippen LogP contribution < -0.4 is 0 Å². The summed E-state index contributed by atoms with van der Waals surface area (Å²) in [6, 6.07) is 0. The van der Waals surface area contributed by atoms with Gasteiger partial charge in [-0.1, -0.05) is 40.5 Å². The molecule has 3 atom stereocenters. The first-order valence-electron chi connectivity index (χ1n) is 5.21. The van der Waals surface area contributed by atoms with Crippen LogP contribution >= 0.6 is 11.6 Å². The highest BCUT2D eigenvalue weighted by molar-refractivity contribution is 6.18. The predicted molar refractivity (Wildman–Crippen MR) is 57.7 cm³/mol. The third-order valence-corrected chi connectivity index (χ3v) is 3.47. The quantitative estimate of drug-likeness (QED) is 0.548. The van der Waals surface area contributed by atoms with Crippen LogP contribution in [0.2, 0.25) is 0 Å². The van der Waals surface area contributed by atoms with E-state index in [1.54, 1.807) is 0 Å². The average molecular weight is 191 g/mol. The van der Waals surface area contributed by atoms with E-state index in [9.17, 15) is 0 Å². The highest BCUT2D eigenvalue weighted by atomic mass is 35.5. The van der Waals surface area contributed by atoms with E-state index >= 15 is 0 Å². The van der Waals surface area contributed by atoms with Gasteiger partial charge in [0.05, 0.1) is 0 Å². The molecule has 0 aromatic heterocycles. The summed E-state index contributed by atoms with van der Waals surface area (Å²) in [6.07, 6.45) is 3.90. The van der Waals surface area contributed by atoms with Gasteiger partial charge in [0, 0.05) is 5.88 Å². The lowest BCUT2D eigenvalue weighted by Crippen LogP contribution is -2.14. The minimum Gasteiger partial charge on any atom is -0.126 e. The van der Waals surface area contributed by atoms with E-state index in [0.717, 1.165) is 17.7 Å². The Balaban J connectivity index is 3.81. The topological polar surface area (TPSA) is 0 Å². The summed E-state index contributed by atoms with van der Waals surface area (Å²) in [5.41, 5.74) is 0. The molecule has 74 valence electrons. The lowest BCUT2D eigenvalue weighted by Gasteiger charge is -2.23. The Bertz CT molecular complexity index is 101. The van der Waals surface area contributed by atoms with Gasteiger partial charge in [0.15, 0.2) is 0 Å². The van der Waals surface area contributed by atoms with Gasteiger partial charge in [0.2, 0.25) is 0 Å². The number of rotatable bonds is 6. The van der Waals surface area contributed by atoms with Crippen LogP contribution in [0.5, 0.6) is 0 Å². The molecule has 0 nitrogen and oxygen atoms in total. The van der Waals surface area contributed by atoms with Gasteiger partial charge in [-0.25, -0.2) is 0 Å². The minimum absolute atomic E-state index is 0.686. The van der Waals surface area contributed by atoms with Gasteiger partial charge >= 0.3 is 0 Å². The standard InChI is InChI=1S/C11H23Cl/c1-5-10(4)11(6-2)7-9(3)8-12/h9-11H,5-8H2,1-4H3/t9-,10?,11?/m1/s1. The first kappa shape index (κ1) is 12.3. The molecule has 0 saturated carbocycles. The van der Waals surface area contributed by atoms with Crippen LogP contribution in [0, 0.1) is 17.8 Å². The first-order valence-corrected chi connectivity index (χ1v) is 5.75. The Labute approximate surface area is 82.7 Å². The molecule has 0 aliphatic carbocycles. The number of alkyl halides is 1. The highest BCUT2D eigenvalue weighted by Crippen LogP contribution is 2.26. The van der Waals surface area contributed by atoms with Crippen molar-refractivity contribution in [3.8, 4) is 0 Å². The molecule has 12 heavy (non-hydrogen) atoms. The molecule has 0 amide bonds. The van der Waals surface area contributed by atoms with Crippen LogP contribution in [0.4, 0.5) is 0 Å². The fraction of sp³-hybridized carbons (Fsp3) is 1.00. The second kappa shape index (κ2) is 6.77. The van der Waals surface area contributed by atoms with Gasteiger partial charge in [0.1, 0.15) is 0 Å². The fourth-order valence-electron chi connectivity index (χ4n) is 1.71. The molecule has 0 rings (SSSR count). The van der Waals surface area contributed by atoms with Crippen molar-refractivity contribution in [1.82, 2.24) is 0 Å². The van der Waals surface area contributed by atoms with Crippen molar-refractivity contribution in [1.29, 1.82) is 0 Å². The maximum Gasteiger partial charge on any atom is 0.0249 e. The molecule has 0 aromatic rings. The van der Waals surface area contributed by atoms with Crippen LogP contribution in [0.25, 0.3) is 0 Å². The molecule has 0 aliphatic rings. The summed E-state index contributed by atoms with van der Waals surface area (Å²) in [4.78, 5) is 0. The summed E-state index contributed by atoms with van der Waals surface area (Å²) in [6.45, 7) is 9.17. The van der Waals surface area contributed by atoms with Gasteiger partial charge in [-0.15, -0.1) is 11.6 Å². The molecule has 0 aromatic carbocycles. The van der Waals surface area contributed by atoms with Crippen molar-refractivity contribution >= 4 is 11.6 Å². The number of hydrogen-bond donors (Lipinski definition) is 0. The maximum absolute atomic E-state index is 5.80. The summed E-state index contributed by atoms with van der Waals surface area (Å²) >= 11 is 5.80. The summed E-state index contributed by atoms with van der Waals surface area (Å²) < 4.78 is 0. The molecule has 0 aliphatic heterocycles. The van der Waals surface area contributed by atoms with Crippen LogP contribution in [-0.4, -0.2) is 5.88 Å². The van der Waals surface area contributed by atoms with Crippen molar-refractivity contribution in [2.24, 2.45) is 17.8 Å². The van der Waals surface area contributed by atoms with Crippen molar-refractivity contribution in [3.05, 3.63) is 0 Å². The molecule has 0 heterocycles. The Morgan fingerprint density at radius 1 is 1.08 bits per heavy atom. The minimum atomic E-state index is 0.686. The van der Waals surface area contributed by atoms with Crippen LogP contribution in [0.1, 0.15) is 47.0 Å².